The summed E-state index contributed by atoms with van der Waals surface area (Å²) in [6.07, 6.45) is 0. The van der Waals surface area contributed by atoms with Gasteiger partial charge in [0.05, 0.1) is 0 Å². The second-order valence-corrected chi connectivity index (χ2v) is 21.8. The zero-order valence-corrected chi connectivity index (χ0v) is 46.1. The van der Waals surface area contributed by atoms with Crippen LogP contribution < -0.4 is 0 Å². The average Bonchev–Trinajstić information content (AvgIpc) is 3.48. The molecule has 0 amide bonds. The fourth-order valence-electron chi connectivity index (χ4n) is 10.5. The summed E-state index contributed by atoms with van der Waals surface area (Å²) in [7, 11) is 0. The monoisotopic (exact) mass is 1200 g/mol. The minimum Gasteiger partial charge on any atom is -0.0616 e. The summed E-state index contributed by atoms with van der Waals surface area (Å²) in [6.45, 7) is 0. The molecule has 0 N–H and O–H groups in total. The molecule has 14 aromatic carbocycles. The maximum atomic E-state index is 3.47. The molecule has 356 valence electrons. The van der Waals surface area contributed by atoms with E-state index in [0.29, 0.717) is 0 Å². The molecule has 0 radical (unpaired) electrons. The van der Waals surface area contributed by atoms with Crippen molar-refractivity contribution in [1.29, 1.82) is 0 Å². The Morgan fingerprint density at radius 2 is 0.560 bits per heavy atom. The van der Waals surface area contributed by atoms with E-state index in [1.165, 1.54) is 124 Å². The zero-order chi connectivity index (χ0) is 50.7. The topological polar surface area (TPSA) is 0 Å². The number of hydrogen-bond donors (Lipinski definition) is 0. The van der Waals surface area contributed by atoms with E-state index in [-0.39, 0.29) is 0 Å². The van der Waals surface area contributed by atoms with E-state index < -0.39 is 0 Å². The minimum atomic E-state index is 1.11. The fraction of sp³-hybridized carbons (Fsp3) is 0. The largest absolute Gasteiger partial charge is 0.0616 e. The van der Waals surface area contributed by atoms with Crippen LogP contribution in [0.2, 0.25) is 0 Å². The number of rotatable bonds is 5. The third-order valence-corrected chi connectivity index (χ3v) is 15.9. The molecule has 75 heavy (non-hydrogen) atoms. The Labute approximate surface area is 468 Å². The van der Waals surface area contributed by atoms with Crippen LogP contribution in [0.1, 0.15) is 0 Å². The lowest BCUT2D eigenvalue weighted by Gasteiger charge is -2.19. The number of hydrogen-bond acceptors (Lipinski definition) is 0. The van der Waals surface area contributed by atoms with Crippen LogP contribution in [0.5, 0.6) is 0 Å². The van der Waals surface area contributed by atoms with Gasteiger partial charge in [-0.25, -0.2) is 0 Å². The molecular formula is C72H47Br2I. The van der Waals surface area contributed by atoms with Gasteiger partial charge in [-0.1, -0.05) is 262 Å². The Kier molecular flexibility index (Phi) is 13.9. The van der Waals surface area contributed by atoms with Crippen LogP contribution in [0.25, 0.3) is 120 Å². The summed E-state index contributed by atoms with van der Waals surface area (Å²) >= 11 is 9.09. The molecule has 0 aliphatic carbocycles. The standard InChI is InChI=1S/C50H32.C16H11Br.C6H4BrI/c1-3-13-38-30-41(26-22-33(38)10-1)49-45-17-7-8-18-46(45)50(42-27-23-34-11-2-4-14-39(34)31-42)48-32-40(28-29-47(48)49)35-20-24-37(25-21-35)44-19-9-15-36-12-5-6-16-43(36)44;17-14-10-8-13(9-11-14)16-7-3-5-12-4-1-2-6-15(12)16;7-5-1-3-6(8)4-2-5/h1-32H;1-11H;1-4H. The quantitative estimate of drug-likeness (QED) is 0.119. The van der Waals surface area contributed by atoms with Gasteiger partial charge in [0.25, 0.3) is 0 Å². The maximum absolute atomic E-state index is 3.47. The summed E-state index contributed by atoms with van der Waals surface area (Å²) in [6, 6.07) is 103. The molecule has 0 heterocycles. The lowest BCUT2D eigenvalue weighted by Crippen LogP contribution is -1.92. The fourth-order valence-corrected chi connectivity index (χ4v) is 11.4. The first-order chi connectivity index (χ1) is 36.9. The molecule has 14 aromatic rings. The second kappa shape index (κ2) is 21.7. The predicted octanol–water partition coefficient (Wildman–Crippen LogP) is 22.4. The molecular weight excluding hydrogens is 1150 g/mol. The first kappa shape index (κ1) is 48.3. The molecule has 0 unspecified atom stereocenters. The van der Waals surface area contributed by atoms with E-state index in [4.69, 9.17) is 0 Å². The van der Waals surface area contributed by atoms with E-state index in [2.05, 4.69) is 327 Å². The van der Waals surface area contributed by atoms with Crippen LogP contribution in [0, 0.1) is 3.57 Å². The summed E-state index contributed by atoms with van der Waals surface area (Å²) in [4.78, 5) is 0. The van der Waals surface area contributed by atoms with Crippen molar-refractivity contribution in [3.8, 4) is 55.6 Å². The summed E-state index contributed by atoms with van der Waals surface area (Å²) < 4.78 is 3.52. The molecule has 0 saturated carbocycles. The highest BCUT2D eigenvalue weighted by Crippen LogP contribution is 2.46. The average molecular weight is 1200 g/mol. The molecule has 0 bridgehead atoms. The highest BCUT2D eigenvalue weighted by atomic mass is 127. The number of benzene rings is 14. The van der Waals surface area contributed by atoms with Crippen molar-refractivity contribution < 1.29 is 0 Å². The van der Waals surface area contributed by atoms with Gasteiger partial charge in [0.1, 0.15) is 0 Å². The summed E-state index contributed by atoms with van der Waals surface area (Å²) in [5.41, 5.74) is 12.5. The molecule has 0 atom stereocenters. The Bertz CT molecular complexity index is 4340. The lowest BCUT2D eigenvalue weighted by atomic mass is 9.84. The van der Waals surface area contributed by atoms with Crippen molar-refractivity contribution in [3.63, 3.8) is 0 Å². The minimum absolute atomic E-state index is 1.11. The van der Waals surface area contributed by atoms with Crippen LogP contribution >= 0.6 is 54.5 Å². The van der Waals surface area contributed by atoms with E-state index in [0.717, 1.165) is 8.95 Å². The normalized spacial score (nSPS) is 11.1. The van der Waals surface area contributed by atoms with Gasteiger partial charge in [0, 0.05) is 12.5 Å². The Balaban J connectivity index is 0.000000186. The van der Waals surface area contributed by atoms with Crippen LogP contribution in [-0.4, -0.2) is 0 Å². The lowest BCUT2D eigenvalue weighted by molar-refractivity contribution is 1.60. The van der Waals surface area contributed by atoms with Gasteiger partial charge in [-0.3, -0.25) is 0 Å². The van der Waals surface area contributed by atoms with Gasteiger partial charge in [-0.2, -0.15) is 0 Å². The van der Waals surface area contributed by atoms with Crippen LogP contribution in [-0.2, 0) is 0 Å². The van der Waals surface area contributed by atoms with Gasteiger partial charge < -0.3 is 0 Å². The number of fused-ring (bicyclic) bond motifs is 6. The first-order valence-electron chi connectivity index (χ1n) is 25.1. The SMILES string of the molecule is Brc1ccc(-c2cccc3ccccc23)cc1.Brc1ccc(I)cc1.c1ccc2cc(-c3c4ccccc4c(-c4ccc5ccccc5c4)c4cc(-c5ccc(-c6cccc7ccccc67)cc5)ccc34)ccc2c1. The smallest absolute Gasteiger partial charge is 0.0175 e. The number of halogens is 3. The molecule has 0 aliphatic heterocycles. The Morgan fingerprint density at radius 3 is 1.05 bits per heavy atom. The van der Waals surface area contributed by atoms with E-state index in [1.807, 2.05) is 12.1 Å². The highest BCUT2D eigenvalue weighted by Gasteiger charge is 2.18. The predicted molar refractivity (Wildman–Crippen MR) is 340 cm³/mol. The van der Waals surface area contributed by atoms with E-state index >= 15 is 0 Å². The van der Waals surface area contributed by atoms with Crippen LogP contribution in [0.3, 0.4) is 0 Å². The third-order valence-electron chi connectivity index (χ3n) is 14.2. The van der Waals surface area contributed by atoms with Crippen molar-refractivity contribution in [2.75, 3.05) is 0 Å². The van der Waals surface area contributed by atoms with Gasteiger partial charge in [-0.05, 0) is 197 Å². The van der Waals surface area contributed by atoms with Gasteiger partial charge in [0.15, 0.2) is 0 Å². The van der Waals surface area contributed by atoms with Crippen molar-refractivity contribution in [3.05, 3.63) is 298 Å². The molecule has 0 nitrogen and oxygen atoms in total. The first-order valence-corrected chi connectivity index (χ1v) is 27.8. The van der Waals surface area contributed by atoms with Gasteiger partial charge in [0.2, 0.25) is 0 Å². The van der Waals surface area contributed by atoms with Crippen LogP contribution in [0.4, 0.5) is 0 Å². The second-order valence-electron chi connectivity index (χ2n) is 18.8. The van der Waals surface area contributed by atoms with Crippen molar-refractivity contribution >= 4 is 119 Å². The molecule has 0 fully saturated rings. The third kappa shape index (κ3) is 10.2. The van der Waals surface area contributed by atoms with Gasteiger partial charge >= 0.3 is 0 Å². The van der Waals surface area contributed by atoms with Crippen molar-refractivity contribution in [2.24, 2.45) is 0 Å². The zero-order valence-electron chi connectivity index (χ0n) is 40.8. The summed E-state index contributed by atoms with van der Waals surface area (Å²) in [5, 5.41) is 15.2. The maximum Gasteiger partial charge on any atom is 0.0175 e. The van der Waals surface area contributed by atoms with Crippen molar-refractivity contribution in [2.45, 2.75) is 0 Å². The van der Waals surface area contributed by atoms with E-state index in [1.54, 1.807) is 0 Å². The molecule has 0 spiro atoms. The highest BCUT2D eigenvalue weighted by molar-refractivity contribution is 14.1. The molecule has 0 aromatic heterocycles. The Hall–Kier alpha value is -7.67. The molecule has 14 rings (SSSR count). The summed E-state index contributed by atoms with van der Waals surface area (Å²) in [5.74, 6) is 0. The molecule has 0 saturated heterocycles. The van der Waals surface area contributed by atoms with Crippen molar-refractivity contribution in [1.82, 2.24) is 0 Å². The van der Waals surface area contributed by atoms with Gasteiger partial charge in [-0.15, -0.1) is 0 Å². The Morgan fingerprint density at radius 1 is 0.213 bits per heavy atom. The van der Waals surface area contributed by atoms with Crippen LogP contribution in [0.15, 0.2) is 294 Å². The molecule has 0 aliphatic rings. The van der Waals surface area contributed by atoms with E-state index in [9.17, 15) is 0 Å². The molecule has 3 heteroatoms.